The Kier molecular flexibility index (Phi) is 4.58. The van der Waals surface area contributed by atoms with Gasteiger partial charge in [0.1, 0.15) is 0 Å². The van der Waals surface area contributed by atoms with Gasteiger partial charge in [-0.2, -0.15) is 4.31 Å². The molecule has 1 amide bonds. The maximum Gasteiger partial charge on any atom is 0.243 e. The molecule has 0 saturated heterocycles. The van der Waals surface area contributed by atoms with E-state index in [-0.39, 0.29) is 5.91 Å². The standard InChI is InChI=1S/C18H21N3O3S2/c1-12(22)19-18-20-16-8-9-21(11-17(16)25-18)26(23,24)15-7-6-13-4-2-3-5-14(13)10-15/h6-7,10H,2-5,8-9,11H2,1H3,(H,19,20,22). The number of hydrogen-bond donors (Lipinski definition) is 1. The van der Waals surface area contributed by atoms with Crippen LogP contribution < -0.4 is 5.32 Å². The van der Waals surface area contributed by atoms with Crippen LogP contribution in [-0.4, -0.2) is 30.2 Å². The van der Waals surface area contributed by atoms with Crippen molar-refractivity contribution in [3.63, 3.8) is 0 Å². The fraction of sp³-hybridized carbons (Fsp3) is 0.444. The summed E-state index contributed by atoms with van der Waals surface area (Å²) in [5.74, 6) is -0.172. The summed E-state index contributed by atoms with van der Waals surface area (Å²) < 4.78 is 27.7. The summed E-state index contributed by atoms with van der Waals surface area (Å²) in [5.41, 5.74) is 3.33. The number of sulfonamides is 1. The van der Waals surface area contributed by atoms with Gasteiger partial charge in [-0.05, 0) is 48.9 Å². The maximum atomic E-state index is 13.1. The highest BCUT2D eigenvalue weighted by atomic mass is 32.2. The third-order valence-electron chi connectivity index (χ3n) is 4.94. The first-order chi connectivity index (χ1) is 12.4. The Hall–Kier alpha value is -1.77. The van der Waals surface area contributed by atoms with Gasteiger partial charge in [0.2, 0.25) is 15.9 Å². The number of amides is 1. The highest BCUT2D eigenvalue weighted by Crippen LogP contribution is 2.32. The third-order valence-corrected chi connectivity index (χ3v) is 7.78. The zero-order valence-electron chi connectivity index (χ0n) is 14.6. The van der Waals surface area contributed by atoms with Gasteiger partial charge in [-0.15, -0.1) is 11.3 Å². The summed E-state index contributed by atoms with van der Waals surface area (Å²) in [5, 5.41) is 3.22. The second-order valence-corrected chi connectivity index (χ2v) is 9.82. The van der Waals surface area contributed by atoms with Crippen molar-refractivity contribution in [2.75, 3.05) is 11.9 Å². The minimum atomic E-state index is -3.53. The van der Waals surface area contributed by atoms with E-state index in [4.69, 9.17) is 0 Å². The van der Waals surface area contributed by atoms with Crippen molar-refractivity contribution in [3.05, 3.63) is 39.9 Å². The number of fused-ring (bicyclic) bond motifs is 2. The van der Waals surface area contributed by atoms with Gasteiger partial charge >= 0.3 is 0 Å². The van der Waals surface area contributed by atoms with Crippen LogP contribution in [-0.2, 0) is 40.6 Å². The van der Waals surface area contributed by atoms with Crippen molar-refractivity contribution in [2.24, 2.45) is 0 Å². The number of hydrogen-bond acceptors (Lipinski definition) is 5. The minimum absolute atomic E-state index is 0.172. The zero-order chi connectivity index (χ0) is 18.3. The van der Waals surface area contributed by atoms with Crippen molar-refractivity contribution >= 4 is 32.4 Å². The second kappa shape index (κ2) is 6.75. The van der Waals surface area contributed by atoms with E-state index in [1.165, 1.54) is 40.1 Å². The molecular weight excluding hydrogens is 370 g/mol. The number of anilines is 1. The summed E-state index contributed by atoms with van der Waals surface area (Å²) in [6, 6.07) is 5.57. The molecule has 0 saturated carbocycles. The van der Waals surface area contributed by atoms with Gasteiger partial charge in [-0.1, -0.05) is 6.07 Å². The molecule has 1 aliphatic heterocycles. The monoisotopic (exact) mass is 391 g/mol. The molecule has 0 spiro atoms. The van der Waals surface area contributed by atoms with E-state index in [9.17, 15) is 13.2 Å². The molecule has 2 aliphatic rings. The predicted molar refractivity (Wildman–Crippen MR) is 101 cm³/mol. The lowest BCUT2D eigenvalue weighted by atomic mass is 9.92. The third kappa shape index (κ3) is 3.28. The van der Waals surface area contributed by atoms with Crippen molar-refractivity contribution in [3.8, 4) is 0 Å². The number of carbonyl (C=O) groups excluding carboxylic acids is 1. The van der Waals surface area contributed by atoms with Gasteiger partial charge in [-0.3, -0.25) is 4.79 Å². The summed E-state index contributed by atoms with van der Waals surface area (Å²) in [7, 11) is -3.53. The number of nitrogens with one attached hydrogen (secondary N) is 1. The van der Waals surface area contributed by atoms with Gasteiger partial charge in [0, 0.05) is 24.8 Å². The highest BCUT2D eigenvalue weighted by molar-refractivity contribution is 7.89. The molecule has 1 N–H and O–H groups in total. The quantitative estimate of drug-likeness (QED) is 0.872. The lowest BCUT2D eigenvalue weighted by Gasteiger charge is -2.26. The molecular formula is C18H21N3O3S2. The molecule has 1 aliphatic carbocycles. The molecule has 8 heteroatoms. The molecule has 2 aromatic rings. The van der Waals surface area contributed by atoms with E-state index in [0.717, 1.165) is 29.8 Å². The summed E-state index contributed by atoms with van der Waals surface area (Å²) >= 11 is 1.35. The first-order valence-electron chi connectivity index (χ1n) is 8.81. The van der Waals surface area contributed by atoms with E-state index in [1.807, 2.05) is 12.1 Å². The molecule has 4 rings (SSSR count). The number of aryl methyl sites for hydroxylation is 2. The smallest absolute Gasteiger partial charge is 0.243 e. The van der Waals surface area contributed by atoms with E-state index >= 15 is 0 Å². The zero-order valence-corrected chi connectivity index (χ0v) is 16.3. The molecule has 0 bridgehead atoms. The Bertz CT molecular complexity index is 966. The van der Waals surface area contributed by atoms with Crippen LogP contribution in [0.4, 0.5) is 5.13 Å². The molecule has 6 nitrogen and oxygen atoms in total. The largest absolute Gasteiger partial charge is 0.302 e. The van der Waals surface area contributed by atoms with Crippen LogP contribution in [0.5, 0.6) is 0 Å². The Balaban J connectivity index is 1.59. The van der Waals surface area contributed by atoms with Crippen molar-refractivity contribution < 1.29 is 13.2 Å². The van der Waals surface area contributed by atoms with Gasteiger partial charge in [-0.25, -0.2) is 13.4 Å². The molecule has 26 heavy (non-hydrogen) atoms. The van der Waals surface area contributed by atoms with Gasteiger partial charge in [0.15, 0.2) is 5.13 Å². The first-order valence-corrected chi connectivity index (χ1v) is 11.1. The van der Waals surface area contributed by atoms with E-state index in [0.29, 0.717) is 29.5 Å². The molecule has 0 atom stereocenters. The van der Waals surface area contributed by atoms with Crippen LogP contribution in [0.3, 0.4) is 0 Å². The van der Waals surface area contributed by atoms with Gasteiger partial charge in [0.05, 0.1) is 17.1 Å². The van der Waals surface area contributed by atoms with Gasteiger partial charge < -0.3 is 5.32 Å². The molecule has 1 aromatic carbocycles. The lowest BCUT2D eigenvalue weighted by Crippen LogP contribution is -2.35. The van der Waals surface area contributed by atoms with Crippen molar-refractivity contribution in [1.29, 1.82) is 0 Å². The molecule has 0 radical (unpaired) electrons. The predicted octanol–water partition coefficient (Wildman–Crippen LogP) is 2.73. The van der Waals surface area contributed by atoms with Crippen molar-refractivity contribution in [2.45, 2.75) is 50.5 Å². The average molecular weight is 392 g/mol. The van der Waals surface area contributed by atoms with Crippen LogP contribution in [0.2, 0.25) is 0 Å². The van der Waals surface area contributed by atoms with Crippen LogP contribution in [0.25, 0.3) is 0 Å². The van der Waals surface area contributed by atoms with E-state index < -0.39 is 10.0 Å². The van der Waals surface area contributed by atoms with Crippen LogP contribution in [0.15, 0.2) is 23.1 Å². The fourth-order valence-electron chi connectivity index (χ4n) is 3.60. The number of carbonyl (C=O) groups is 1. The molecule has 138 valence electrons. The van der Waals surface area contributed by atoms with E-state index in [1.54, 1.807) is 6.07 Å². The topological polar surface area (TPSA) is 79.4 Å². The lowest BCUT2D eigenvalue weighted by molar-refractivity contribution is -0.114. The van der Waals surface area contributed by atoms with Crippen molar-refractivity contribution in [1.82, 2.24) is 9.29 Å². The van der Waals surface area contributed by atoms with Crippen LogP contribution in [0, 0.1) is 0 Å². The van der Waals surface area contributed by atoms with Crippen LogP contribution >= 0.6 is 11.3 Å². The molecule has 2 heterocycles. The number of aromatic nitrogens is 1. The second-order valence-electron chi connectivity index (χ2n) is 6.80. The Morgan fingerprint density at radius 2 is 1.96 bits per heavy atom. The Morgan fingerprint density at radius 1 is 1.19 bits per heavy atom. The fourth-order valence-corrected chi connectivity index (χ4v) is 6.21. The molecule has 0 unspecified atom stereocenters. The SMILES string of the molecule is CC(=O)Nc1nc2c(s1)CN(S(=O)(=O)c1ccc3c(c1)CCCC3)CC2. The maximum absolute atomic E-state index is 13.1. The van der Waals surface area contributed by atoms with Crippen LogP contribution in [0.1, 0.15) is 41.5 Å². The number of rotatable bonds is 3. The summed E-state index contributed by atoms with van der Waals surface area (Å²) in [6.07, 6.45) is 4.86. The Morgan fingerprint density at radius 3 is 2.73 bits per heavy atom. The summed E-state index contributed by atoms with van der Waals surface area (Å²) in [4.78, 5) is 16.9. The highest BCUT2D eigenvalue weighted by Gasteiger charge is 2.31. The first kappa shape index (κ1) is 17.6. The number of nitrogens with zero attached hydrogens (tertiary/aromatic N) is 2. The molecule has 0 fully saturated rings. The minimum Gasteiger partial charge on any atom is -0.302 e. The normalized spacial score (nSPS) is 17.4. The number of thiazole rings is 1. The summed E-state index contributed by atoms with van der Waals surface area (Å²) in [6.45, 7) is 2.16. The van der Waals surface area contributed by atoms with E-state index in [2.05, 4.69) is 10.3 Å². The molecule has 1 aromatic heterocycles. The number of benzene rings is 1. The van der Waals surface area contributed by atoms with Gasteiger partial charge in [0.25, 0.3) is 0 Å². The average Bonchev–Trinajstić information content (AvgIpc) is 3.01. The Labute approximate surface area is 157 Å².